The molecule has 4 rings (SSSR count). The number of esters is 1. The quantitative estimate of drug-likeness (QED) is 0.415. The molecule has 0 bridgehead atoms. The van der Waals surface area contributed by atoms with Gasteiger partial charge in [-0.1, -0.05) is 54.3 Å². The molecule has 2 heterocycles. The summed E-state index contributed by atoms with van der Waals surface area (Å²) in [6.45, 7) is 5.31. The van der Waals surface area contributed by atoms with Gasteiger partial charge in [0, 0.05) is 5.56 Å². The number of fused-ring (bicyclic) bond motifs is 1. The van der Waals surface area contributed by atoms with Crippen LogP contribution in [0.2, 0.25) is 0 Å². The fraction of sp³-hybridized carbons (Fsp3) is 0.160. The number of hydrogen-bond donors (Lipinski definition) is 0. The molecule has 0 unspecified atom stereocenters. The van der Waals surface area contributed by atoms with Crippen molar-refractivity contribution in [3.05, 3.63) is 109 Å². The number of carbonyl (C=O) groups excluding carboxylic acids is 1. The van der Waals surface area contributed by atoms with Gasteiger partial charge in [0.1, 0.15) is 18.2 Å². The van der Waals surface area contributed by atoms with Crippen LogP contribution in [0.3, 0.4) is 0 Å². The predicted molar refractivity (Wildman–Crippen MR) is 124 cm³/mol. The van der Waals surface area contributed by atoms with Crippen molar-refractivity contribution < 1.29 is 18.7 Å². The van der Waals surface area contributed by atoms with E-state index in [1.54, 1.807) is 56.5 Å². The van der Waals surface area contributed by atoms with Crippen molar-refractivity contribution >= 4 is 23.4 Å². The molecule has 0 spiro atoms. The van der Waals surface area contributed by atoms with Gasteiger partial charge in [-0.2, -0.15) is 0 Å². The average molecular weight is 465 g/mol. The summed E-state index contributed by atoms with van der Waals surface area (Å²) in [5.41, 5.74) is 1.32. The zero-order chi connectivity index (χ0) is 23.5. The van der Waals surface area contributed by atoms with E-state index in [0.29, 0.717) is 31.9 Å². The molecule has 3 aromatic rings. The number of thiazole rings is 1. The minimum absolute atomic E-state index is 0.0304. The summed E-state index contributed by atoms with van der Waals surface area (Å²) < 4.78 is 26.5. The summed E-state index contributed by atoms with van der Waals surface area (Å²) >= 11 is 1.14. The first-order chi connectivity index (χ1) is 15.9. The predicted octanol–water partition coefficient (Wildman–Crippen LogP) is 3.11. The SMILES string of the molecule is C=CCOC(=O)C1=C(C)N=c2s/c(=C\c3ccccc3F)c(=O)n2[C@@H]1c1ccc(OC)cc1. The maximum Gasteiger partial charge on any atom is 0.338 e. The van der Waals surface area contributed by atoms with Crippen molar-refractivity contribution in [3.8, 4) is 5.75 Å². The van der Waals surface area contributed by atoms with Crippen molar-refractivity contribution in [3.63, 3.8) is 0 Å². The molecule has 2 aromatic carbocycles. The van der Waals surface area contributed by atoms with Gasteiger partial charge < -0.3 is 9.47 Å². The average Bonchev–Trinajstić information content (AvgIpc) is 3.12. The number of halogens is 1. The van der Waals surface area contributed by atoms with Crippen LogP contribution in [0.5, 0.6) is 5.75 Å². The molecule has 0 saturated carbocycles. The molecule has 0 amide bonds. The lowest BCUT2D eigenvalue weighted by Gasteiger charge is -2.24. The van der Waals surface area contributed by atoms with Crippen molar-refractivity contribution in [1.82, 2.24) is 4.57 Å². The molecule has 168 valence electrons. The van der Waals surface area contributed by atoms with E-state index in [0.717, 1.165) is 11.3 Å². The Bertz CT molecular complexity index is 1430. The van der Waals surface area contributed by atoms with Gasteiger partial charge in [0.05, 0.1) is 29.0 Å². The first-order valence-electron chi connectivity index (χ1n) is 10.1. The van der Waals surface area contributed by atoms with Crippen LogP contribution in [0.25, 0.3) is 6.08 Å². The first kappa shape index (κ1) is 22.4. The third-order valence-electron chi connectivity index (χ3n) is 5.20. The molecular formula is C25H21FN2O4S. The molecule has 1 aliphatic heterocycles. The van der Waals surface area contributed by atoms with E-state index >= 15 is 0 Å². The molecule has 0 saturated heterocycles. The second-order valence-corrected chi connectivity index (χ2v) is 8.27. The van der Waals surface area contributed by atoms with Gasteiger partial charge in [0.15, 0.2) is 4.80 Å². The third-order valence-corrected chi connectivity index (χ3v) is 6.18. The van der Waals surface area contributed by atoms with Crippen LogP contribution < -0.4 is 19.6 Å². The number of allylic oxidation sites excluding steroid dienone is 1. The van der Waals surface area contributed by atoms with Crippen molar-refractivity contribution in [1.29, 1.82) is 0 Å². The lowest BCUT2D eigenvalue weighted by atomic mass is 9.96. The lowest BCUT2D eigenvalue weighted by molar-refractivity contribution is -0.138. The van der Waals surface area contributed by atoms with Crippen molar-refractivity contribution in [2.24, 2.45) is 4.99 Å². The first-order valence-corrected chi connectivity index (χ1v) is 10.9. The van der Waals surface area contributed by atoms with E-state index in [2.05, 4.69) is 11.6 Å². The van der Waals surface area contributed by atoms with E-state index in [1.165, 1.54) is 22.8 Å². The van der Waals surface area contributed by atoms with Gasteiger partial charge in [-0.25, -0.2) is 14.2 Å². The molecule has 6 nitrogen and oxygen atoms in total. The zero-order valence-electron chi connectivity index (χ0n) is 18.1. The fourth-order valence-corrected chi connectivity index (χ4v) is 4.67. The van der Waals surface area contributed by atoms with Gasteiger partial charge in [-0.15, -0.1) is 0 Å². The smallest absolute Gasteiger partial charge is 0.338 e. The van der Waals surface area contributed by atoms with Crippen LogP contribution in [0.4, 0.5) is 4.39 Å². The minimum atomic E-state index is -0.757. The Hall–Kier alpha value is -3.78. The third kappa shape index (κ3) is 4.29. The molecule has 8 heteroatoms. The molecule has 0 fully saturated rings. The van der Waals surface area contributed by atoms with E-state index in [-0.39, 0.29) is 17.7 Å². The Labute approximate surface area is 193 Å². The number of aromatic nitrogens is 1. The number of methoxy groups -OCH3 is 1. The fourth-order valence-electron chi connectivity index (χ4n) is 3.63. The van der Waals surface area contributed by atoms with Crippen LogP contribution in [0.15, 0.2) is 82.2 Å². The van der Waals surface area contributed by atoms with Gasteiger partial charge in [0.25, 0.3) is 5.56 Å². The van der Waals surface area contributed by atoms with Crippen LogP contribution >= 0.6 is 11.3 Å². The number of benzene rings is 2. The Morgan fingerprint density at radius 3 is 2.64 bits per heavy atom. The molecule has 1 aromatic heterocycles. The second-order valence-electron chi connectivity index (χ2n) is 7.26. The highest BCUT2D eigenvalue weighted by molar-refractivity contribution is 7.07. The molecule has 0 N–H and O–H groups in total. The summed E-state index contributed by atoms with van der Waals surface area (Å²) in [4.78, 5) is 31.4. The summed E-state index contributed by atoms with van der Waals surface area (Å²) in [7, 11) is 1.56. The van der Waals surface area contributed by atoms with Crippen LogP contribution in [0.1, 0.15) is 24.1 Å². The van der Waals surface area contributed by atoms with Crippen LogP contribution in [-0.4, -0.2) is 24.3 Å². The number of carbonyl (C=O) groups is 1. The van der Waals surface area contributed by atoms with Crippen molar-refractivity contribution in [2.75, 3.05) is 13.7 Å². The van der Waals surface area contributed by atoms with Gasteiger partial charge in [-0.3, -0.25) is 9.36 Å². The molecule has 0 aliphatic carbocycles. The minimum Gasteiger partial charge on any atom is -0.497 e. The number of ether oxygens (including phenoxy) is 2. The largest absolute Gasteiger partial charge is 0.497 e. The monoisotopic (exact) mass is 464 g/mol. The number of hydrogen-bond acceptors (Lipinski definition) is 6. The topological polar surface area (TPSA) is 69.9 Å². The number of nitrogens with zero attached hydrogens (tertiary/aromatic N) is 2. The molecule has 0 radical (unpaired) electrons. The maximum atomic E-state index is 14.2. The van der Waals surface area contributed by atoms with E-state index in [4.69, 9.17) is 9.47 Å². The highest BCUT2D eigenvalue weighted by Gasteiger charge is 2.33. The van der Waals surface area contributed by atoms with Gasteiger partial charge in [0.2, 0.25) is 0 Å². The summed E-state index contributed by atoms with van der Waals surface area (Å²) in [5.74, 6) is -0.373. The summed E-state index contributed by atoms with van der Waals surface area (Å²) in [6, 6.07) is 12.5. The van der Waals surface area contributed by atoms with Crippen LogP contribution in [0, 0.1) is 5.82 Å². The van der Waals surface area contributed by atoms with E-state index in [9.17, 15) is 14.0 Å². The van der Waals surface area contributed by atoms with E-state index < -0.39 is 17.8 Å². The summed E-state index contributed by atoms with van der Waals surface area (Å²) in [6.07, 6.45) is 2.97. The van der Waals surface area contributed by atoms with E-state index in [1.807, 2.05) is 0 Å². The lowest BCUT2D eigenvalue weighted by Crippen LogP contribution is -2.39. The zero-order valence-corrected chi connectivity index (χ0v) is 18.9. The Morgan fingerprint density at radius 2 is 1.97 bits per heavy atom. The second kappa shape index (κ2) is 9.38. The number of rotatable bonds is 6. The normalized spacial score (nSPS) is 15.6. The standard InChI is InChI=1S/C25H21FN2O4S/c1-4-13-32-24(30)21-15(2)27-25-28(22(21)16-9-11-18(31-3)12-10-16)23(29)20(33-25)14-17-7-5-6-8-19(17)26/h4-12,14,22H,1,13H2,2-3H3/b20-14-/t22-/m1/s1. The van der Waals surface area contributed by atoms with Crippen molar-refractivity contribution in [2.45, 2.75) is 13.0 Å². The Morgan fingerprint density at radius 1 is 1.24 bits per heavy atom. The Kier molecular flexibility index (Phi) is 6.37. The highest BCUT2D eigenvalue weighted by Crippen LogP contribution is 2.31. The highest BCUT2D eigenvalue weighted by atomic mass is 32.1. The summed E-state index contributed by atoms with van der Waals surface area (Å²) in [5, 5.41) is 0. The molecule has 33 heavy (non-hydrogen) atoms. The van der Waals surface area contributed by atoms with Gasteiger partial charge >= 0.3 is 5.97 Å². The van der Waals surface area contributed by atoms with Crippen LogP contribution in [-0.2, 0) is 9.53 Å². The molecular weight excluding hydrogens is 443 g/mol. The molecule has 1 atom stereocenters. The Balaban J connectivity index is 1.94. The molecule has 1 aliphatic rings. The van der Waals surface area contributed by atoms with Gasteiger partial charge in [-0.05, 0) is 36.8 Å². The maximum absolute atomic E-state index is 14.2.